The summed E-state index contributed by atoms with van der Waals surface area (Å²) in [6.07, 6.45) is 2.28. The van der Waals surface area contributed by atoms with Crippen molar-refractivity contribution in [2.24, 2.45) is 0 Å². The van der Waals surface area contributed by atoms with Crippen LogP contribution in [0.3, 0.4) is 0 Å². The van der Waals surface area contributed by atoms with Crippen LogP contribution in [-0.2, 0) is 14.8 Å². The molecule has 1 saturated heterocycles. The molecule has 0 aliphatic carbocycles. The van der Waals surface area contributed by atoms with Gasteiger partial charge in [0, 0.05) is 11.4 Å². The maximum atomic E-state index is 13.2. The zero-order valence-corrected chi connectivity index (χ0v) is 15.3. The SMILES string of the molecule is CS(=O)(=O)N1CCC[C@H]1C(=O)N[C@H](c1ccc(F)cc1)c1cccs1. The highest BCUT2D eigenvalue weighted by Gasteiger charge is 2.37. The van der Waals surface area contributed by atoms with Gasteiger partial charge in [-0.3, -0.25) is 4.79 Å². The standard InChI is InChI=1S/C17H19FN2O3S2/c1-25(22,23)20-10-2-4-14(20)17(21)19-16(15-5-3-11-24-15)12-6-8-13(18)9-7-12/h3,5-9,11,14,16H,2,4,10H2,1H3,(H,19,21)/t14-,16+/m0/s1. The van der Waals surface area contributed by atoms with Crippen molar-refractivity contribution in [3.05, 3.63) is 58.0 Å². The Hall–Kier alpha value is -1.77. The average molecular weight is 382 g/mol. The van der Waals surface area contributed by atoms with E-state index in [1.807, 2.05) is 17.5 Å². The first-order chi connectivity index (χ1) is 11.9. The third-order valence-corrected chi connectivity index (χ3v) is 6.48. The van der Waals surface area contributed by atoms with Crippen LogP contribution in [0.5, 0.6) is 0 Å². The van der Waals surface area contributed by atoms with Gasteiger partial charge < -0.3 is 5.32 Å². The molecule has 1 amide bonds. The molecule has 0 unspecified atom stereocenters. The molecule has 0 spiro atoms. The van der Waals surface area contributed by atoms with Crippen LogP contribution in [0.4, 0.5) is 4.39 Å². The molecule has 1 aromatic carbocycles. The Kier molecular flexibility index (Phi) is 5.21. The zero-order chi connectivity index (χ0) is 18.0. The number of sulfonamides is 1. The van der Waals surface area contributed by atoms with Gasteiger partial charge in [0.15, 0.2) is 0 Å². The van der Waals surface area contributed by atoms with E-state index >= 15 is 0 Å². The smallest absolute Gasteiger partial charge is 0.239 e. The molecule has 2 heterocycles. The van der Waals surface area contributed by atoms with Crippen molar-refractivity contribution in [1.82, 2.24) is 9.62 Å². The number of rotatable bonds is 5. The third-order valence-electron chi connectivity index (χ3n) is 4.25. The van der Waals surface area contributed by atoms with Crippen LogP contribution in [0.1, 0.15) is 29.3 Å². The molecule has 2 aromatic rings. The fourth-order valence-electron chi connectivity index (χ4n) is 3.07. The number of carbonyl (C=O) groups is 1. The van der Waals surface area contributed by atoms with Crippen LogP contribution >= 0.6 is 11.3 Å². The van der Waals surface area contributed by atoms with Crippen LogP contribution in [0.15, 0.2) is 41.8 Å². The first-order valence-corrected chi connectivity index (χ1v) is 10.6. The lowest BCUT2D eigenvalue weighted by molar-refractivity contribution is -0.124. The molecule has 5 nitrogen and oxygen atoms in total. The lowest BCUT2D eigenvalue weighted by Crippen LogP contribution is -2.46. The lowest BCUT2D eigenvalue weighted by Gasteiger charge is -2.25. The molecular formula is C17H19FN2O3S2. The molecule has 1 aromatic heterocycles. The van der Waals surface area contributed by atoms with Crippen molar-refractivity contribution in [2.75, 3.05) is 12.8 Å². The topological polar surface area (TPSA) is 66.5 Å². The number of hydrogen-bond acceptors (Lipinski definition) is 4. The van der Waals surface area contributed by atoms with E-state index in [1.54, 1.807) is 12.1 Å². The van der Waals surface area contributed by atoms with Gasteiger partial charge in [-0.2, -0.15) is 4.31 Å². The fourth-order valence-corrected chi connectivity index (χ4v) is 4.99. The van der Waals surface area contributed by atoms with Gasteiger partial charge >= 0.3 is 0 Å². The molecule has 25 heavy (non-hydrogen) atoms. The number of carbonyl (C=O) groups excluding carboxylic acids is 1. The molecule has 3 rings (SSSR count). The molecule has 0 radical (unpaired) electrons. The maximum absolute atomic E-state index is 13.2. The Balaban J connectivity index is 1.85. The summed E-state index contributed by atoms with van der Waals surface area (Å²) >= 11 is 1.48. The van der Waals surface area contributed by atoms with Crippen molar-refractivity contribution < 1.29 is 17.6 Å². The minimum Gasteiger partial charge on any atom is -0.343 e. The number of benzene rings is 1. The summed E-state index contributed by atoms with van der Waals surface area (Å²) in [6.45, 7) is 0.358. The zero-order valence-electron chi connectivity index (χ0n) is 13.7. The van der Waals surface area contributed by atoms with Crippen molar-refractivity contribution >= 4 is 27.3 Å². The van der Waals surface area contributed by atoms with Crippen LogP contribution < -0.4 is 5.32 Å². The summed E-state index contributed by atoms with van der Waals surface area (Å²) in [6, 6.07) is 8.59. The van der Waals surface area contributed by atoms with Crippen molar-refractivity contribution in [1.29, 1.82) is 0 Å². The van der Waals surface area contributed by atoms with Gasteiger partial charge in [0.05, 0.1) is 12.3 Å². The molecule has 8 heteroatoms. The molecule has 134 valence electrons. The van der Waals surface area contributed by atoms with E-state index in [9.17, 15) is 17.6 Å². The highest BCUT2D eigenvalue weighted by molar-refractivity contribution is 7.88. The number of thiophene rings is 1. The molecular weight excluding hydrogens is 363 g/mol. The van der Waals surface area contributed by atoms with Crippen molar-refractivity contribution in [3.63, 3.8) is 0 Å². The van der Waals surface area contributed by atoms with E-state index in [2.05, 4.69) is 5.32 Å². The highest BCUT2D eigenvalue weighted by Crippen LogP contribution is 2.28. The summed E-state index contributed by atoms with van der Waals surface area (Å²) in [7, 11) is -3.43. The van der Waals surface area contributed by atoms with E-state index in [4.69, 9.17) is 0 Å². The molecule has 2 atom stereocenters. The van der Waals surface area contributed by atoms with Gasteiger partial charge in [0.25, 0.3) is 0 Å². The highest BCUT2D eigenvalue weighted by atomic mass is 32.2. The summed E-state index contributed by atoms with van der Waals surface area (Å²) in [5, 5.41) is 4.84. The number of halogens is 1. The fraction of sp³-hybridized carbons (Fsp3) is 0.353. The quantitative estimate of drug-likeness (QED) is 0.864. The van der Waals surface area contributed by atoms with Gasteiger partial charge in [-0.1, -0.05) is 18.2 Å². The monoisotopic (exact) mass is 382 g/mol. The second-order valence-corrected chi connectivity index (χ2v) is 8.95. The number of amides is 1. The van der Waals surface area contributed by atoms with Gasteiger partial charge in [0.2, 0.25) is 15.9 Å². The normalized spacial score (nSPS) is 19.7. The van der Waals surface area contributed by atoms with E-state index < -0.39 is 22.1 Å². The number of nitrogens with one attached hydrogen (secondary N) is 1. The van der Waals surface area contributed by atoms with Gasteiger partial charge in [-0.15, -0.1) is 11.3 Å². The molecule has 1 fully saturated rings. The van der Waals surface area contributed by atoms with Crippen molar-refractivity contribution in [2.45, 2.75) is 24.9 Å². The van der Waals surface area contributed by atoms with Gasteiger partial charge in [-0.05, 0) is 42.0 Å². The Labute approximate surface area is 150 Å². The number of hydrogen-bond donors (Lipinski definition) is 1. The Morgan fingerprint density at radius 3 is 2.64 bits per heavy atom. The second kappa shape index (κ2) is 7.23. The summed E-state index contributed by atoms with van der Waals surface area (Å²) in [5.41, 5.74) is 0.751. The summed E-state index contributed by atoms with van der Waals surface area (Å²) < 4.78 is 38.2. The van der Waals surface area contributed by atoms with Crippen LogP contribution in [0.2, 0.25) is 0 Å². The average Bonchev–Trinajstić information content (AvgIpc) is 3.24. The van der Waals surface area contributed by atoms with Crippen LogP contribution in [-0.4, -0.2) is 37.5 Å². The summed E-state index contributed by atoms with van der Waals surface area (Å²) in [5.74, 6) is -0.676. The first kappa shape index (κ1) is 18.0. The molecule has 0 saturated carbocycles. The molecule has 0 bridgehead atoms. The lowest BCUT2D eigenvalue weighted by atomic mass is 10.0. The Morgan fingerprint density at radius 1 is 1.32 bits per heavy atom. The largest absolute Gasteiger partial charge is 0.343 e. The van der Waals surface area contributed by atoms with E-state index in [1.165, 1.54) is 27.8 Å². The predicted octanol–water partition coefficient (Wildman–Crippen LogP) is 2.52. The maximum Gasteiger partial charge on any atom is 0.239 e. The van der Waals surface area contributed by atoms with Crippen LogP contribution in [0, 0.1) is 5.82 Å². The minimum atomic E-state index is -3.43. The molecule has 1 aliphatic rings. The first-order valence-electron chi connectivity index (χ1n) is 7.92. The van der Waals surface area contributed by atoms with Crippen molar-refractivity contribution in [3.8, 4) is 0 Å². The second-order valence-electron chi connectivity index (χ2n) is 6.04. The Morgan fingerprint density at radius 2 is 2.04 bits per heavy atom. The minimum absolute atomic E-state index is 0.328. The van der Waals surface area contributed by atoms with Gasteiger partial charge in [0.1, 0.15) is 11.9 Å². The van der Waals surface area contributed by atoms with E-state index in [0.29, 0.717) is 19.4 Å². The van der Waals surface area contributed by atoms with Crippen LogP contribution in [0.25, 0.3) is 0 Å². The Bertz CT molecular complexity index is 835. The molecule has 1 aliphatic heterocycles. The van der Waals surface area contributed by atoms with Gasteiger partial charge in [-0.25, -0.2) is 12.8 Å². The molecule has 1 N–H and O–H groups in total. The number of nitrogens with zero attached hydrogens (tertiary/aromatic N) is 1. The van der Waals surface area contributed by atoms with E-state index in [0.717, 1.165) is 16.7 Å². The third kappa shape index (κ3) is 4.08. The summed E-state index contributed by atoms with van der Waals surface area (Å²) in [4.78, 5) is 13.7. The predicted molar refractivity (Wildman–Crippen MR) is 95.3 cm³/mol. The van der Waals surface area contributed by atoms with E-state index in [-0.39, 0.29) is 11.7 Å².